The zero-order valence-electron chi connectivity index (χ0n) is 13.2. The van der Waals surface area contributed by atoms with Gasteiger partial charge in [-0.1, -0.05) is 85.0 Å². The van der Waals surface area contributed by atoms with Crippen molar-refractivity contribution in [3.8, 4) is 0 Å². The highest BCUT2D eigenvalue weighted by Crippen LogP contribution is 2.24. The highest BCUT2D eigenvalue weighted by molar-refractivity contribution is 14.1. The van der Waals surface area contributed by atoms with Crippen molar-refractivity contribution in [3.05, 3.63) is 52.1 Å². The lowest BCUT2D eigenvalue weighted by molar-refractivity contribution is -0.0227. The lowest BCUT2D eigenvalue weighted by atomic mass is 9.88. The van der Waals surface area contributed by atoms with Crippen molar-refractivity contribution >= 4 is 28.7 Å². The van der Waals surface area contributed by atoms with Gasteiger partial charge in [-0.05, 0) is 9.65 Å². The molecule has 1 rings (SSSR count). The monoisotopic (exact) mass is 400 g/mol. The van der Waals surface area contributed by atoms with Crippen molar-refractivity contribution in [2.45, 2.75) is 26.1 Å². The summed E-state index contributed by atoms with van der Waals surface area (Å²) < 4.78 is 13.4. The predicted octanol–water partition coefficient (Wildman–Crippen LogP) is 4.95. The Bertz CT molecular complexity index is 442. The zero-order valence-corrected chi connectivity index (χ0v) is 15.4. The number of halogens is 1. The summed E-state index contributed by atoms with van der Waals surface area (Å²) in [4.78, 5) is 0. The summed E-state index contributed by atoms with van der Waals surface area (Å²) >= 11 is 2.25. The molecule has 0 amide bonds. The third kappa shape index (κ3) is 5.93. The molecule has 2 nitrogen and oxygen atoms in total. The van der Waals surface area contributed by atoms with Gasteiger partial charge in [-0.3, -0.25) is 0 Å². The van der Waals surface area contributed by atoms with Gasteiger partial charge in [-0.15, -0.1) is 0 Å². The summed E-state index contributed by atoms with van der Waals surface area (Å²) in [6.07, 6.45) is 6.54. The van der Waals surface area contributed by atoms with Crippen LogP contribution in [0.25, 0.3) is 6.08 Å². The Morgan fingerprint density at radius 3 is 2.19 bits per heavy atom. The minimum atomic E-state index is 0.0280. The van der Waals surface area contributed by atoms with Crippen LogP contribution in [0.3, 0.4) is 0 Å². The SMILES string of the molecule is CO[C@H]([C@H](C)[C@H](/C=C/c1ccccc1)OC)[C@@H](C)/C=C/I. The van der Waals surface area contributed by atoms with Gasteiger partial charge in [0, 0.05) is 26.1 Å². The van der Waals surface area contributed by atoms with Crippen LogP contribution in [0.15, 0.2) is 46.6 Å². The summed E-state index contributed by atoms with van der Waals surface area (Å²) in [6.45, 7) is 4.35. The Labute approximate surface area is 142 Å². The van der Waals surface area contributed by atoms with E-state index in [-0.39, 0.29) is 18.1 Å². The molecule has 0 heterocycles. The number of rotatable bonds is 8. The molecule has 0 aliphatic heterocycles. The summed E-state index contributed by atoms with van der Waals surface area (Å²) in [5.41, 5.74) is 1.18. The fourth-order valence-electron chi connectivity index (χ4n) is 2.56. The molecule has 21 heavy (non-hydrogen) atoms. The molecule has 4 atom stereocenters. The Hall–Kier alpha value is -0.650. The molecule has 0 fully saturated rings. The highest BCUT2D eigenvalue weighted by atomic mass is 127. The minimum Gasteiger partial charge on any atom is -0.380 e. The lowest BCUT2D eigenvalue weighted by Crippen LogP contribution is -2.35. The van der Waals surface area contributed by atoms with E-state index in [9.17, 15) is 0 Å². The summed E-state index contributed by atoms with van der Waals surface area (Å²) in [7, 11) is 3.52. The molecular weight excluding hydrogens is 375 g/mol. The molecule has 1 aromatic rings. The maximum atomic E-state index is 5.69. The van der Waals surface area contributed by atoms with Crippen LogP contribution < -0.4 is 0 Å². The quantitative estimate of drug-likeness (QED) is 0.575. The van der Waals surface area contributed by atoms with Crippen LogP contribution >= 0.6 is 22.6 Å². The van der Waals surface area contributed by atoms with Gasteiger partial charge >= 0.3 is 0 Å². The summed E-state index contributed by atoms with van der Waals surface area (Å²) in [5.74, 6) is 0.618. The normalized spacial score (nSPS) is 18.0. The van der Waals surface area contributed by atoms with Gasteiger partial charge in [0.15, 0.2) is 0 Å². The lowest BCUT2D eigenvalue weighted by Gasteiger charge is -2.30. The Balaban J connectivity index is 2.80. The smallest absolute Gasteiger partial charge is 0.0805 e. The average Bonchev–Trinajstić information content (AvgIpc) is 2.50. The van der Waals surface area contributed by atoms with Gasteiger partial charge in [-0.2, -0.15) is 0 Å². The topological polar surface area (TPSA) is 18.5 Å². The van der Waals surface area contributed by atoms with Gasteiger partial charge < -0.3 is 9.47 Å². The Morgan fingerprint density at radius 2 is 1.67 bits per heavy atom. The molecule has 116 valence electrons. The third-order valence-corrected chi connectivity index (χ3v) is 4.17. The third-order valence-electron chi connectivity index (χ3n) is 3.75. The standard InChI is InChI=1S/C18H25IO2/c1-14(12-13-19)18(21-4)15(2)17(20-3)11-10-16-8-6-5-7-9-16/h5-15,17-18H,1-4H3/b11-10+,13-12+/t14-,15+,17-,18-/m0/s1. The van der Waals surface area contributed by atoms with Crippen LogP contribution in [0.1, 0.15) is 19.4 Å². The molecule has 0 N–H and O–H groups in total. The van der Waals surface area contributed by atoms with Crippen molar-refractivity contribution in [3.63, 3.8) is 0 Å². The predicted molar refractivity (Wildman–Crippen MR) is 98.6 cm³/mol. The number of hydrogen-bond donors (Lipinski definition) is 0. The number of ether oxygens (including phenoxy) is 2. The van der Waals surface area contributed by atoms with E-state index in [2.05, 4.69) is 66.8 Å². The van der Waals surface area contributed by atoms with E-state index >= 15 is 0 Å². The molecule has 0 saturated heterocycles. The second-order valence-electron chi connectivity index (χ2n) is 5.21. The fourth-order valence-corrected chi connectivity index (χ4v) is 3.21. The molecule has 0 spiro atoms. The molecule has 0 aromatic heterocycles. The summed E-state index contributed by atoms with van der Waals surface area (Å²) in [6, 6.07) is 10.3. The van der Waals surface area contributed by atoms with Gasteiger partial charge in [-0.25, -0.2) is 0 Å². The molecule has 3 heteroatoms. The van der Waals surface area contributed by atoms with Crippen LogP contribution in [-0.4, -0.2) is 26.4 Å². The van der Waals surface area contributed by atoms with E-state index in [1.54, 1.807) is 14.2 Å². The van der Waals surface area contributed by atoms with E-state index in [4.69, 9.17) is 9.47 Å². The molecule has 0 bridgehead atoms. The van der Waals surface area contributed by atoms with Crippen molar-refractivity contribution in [2.24, 2.45) is 11.8 Å². The van der Waals surface area contributed by atoms with Crippen LogP contribution in [0.4, 0.5) is 0 Å². The molecule has 0 unspecified atom stereocenters. The van der Waals surface area contributed by atoms with E-state index in [0.717, 1.165) is 0 Å². The molecule has 0 radical (unpaired) electrons. The van der Waals surface area contributed by atoms with Crippen molar-refractivity contribution in [1.82, 2.24) is 0 Å². The average molecular weight is 400 g/mol. The van der Waals surface area contributed by atoms with Gasteiger partial charge in [0.1, 0.15) is 0 Å². The first-order valence-corrected chi connectivity index (χ1v) is 8.44. The van der Waals surface area contributed by atoms with Gasteiger partial charge in [0.25, 0.3) is 0 Å². The fraction of sp³-hybridized carbons (Fsp3) is 0.444. The van der Waals surface area contributed by atoms with Crippen LogP contribution in [0.2, 0.25) is 0 Å². The van der Waals surface area contributed by atoms with E-state index in [1.165, 1.54) is 5.56 Å². The molecule has 1 aromatic carbocycles. The summed E-state index contributed by atoms with van der Waals surface area (Å²) in [5, 5.41) is 0. The first-order chi connectivity index (χ1) is 10.1. The first-order valence-electron chi connectivity index (χ1n) is 7.19. The molecule has 0 saturated carbocycles. The van der Waals surface area contributed by atoms with Crippen molar-refractivity contribution in [1.29, 1.82) is 0 Å². The van der Waals surface area contributed by atoms with Crippen LogP contribution in [0, 0.1) is 11.8 Å². The number of benzene rings is 1. The largest absolute Gasteiger partial charge is 0.380 e. The van der Waals surface area contributed by atoms with Crippen molar-refractivity contribution in [2.75, 3.05) is 14.2 Å². The number of hydrogen-bond acceptors (Lipinski definition) is 2. The maximum absolute atomic E-state index is 5.69. The Kier molecular flexibility index (Phi) is 8.88. The van der Waals surface area contributed by atoms with Gasteiger partial charge in [0.05, 0.1) is 12.2 Å². The Morgan fingerprint density at radius 1 is 1.00 bits per heavy atom. The molecule has 0 aliphatic rings. The van der Waals surface area contributed by atoms with E-state index < -0.39 is 0 Å². The second kappa shape index (κ2) is 10.1. The van der Waals surface area contributed by atoms with Crippen molar-refractivity contribution < 1.29 is 9.47 Å². The molecular formula is C18H25IO2. The maximum Gasteiger partial charge on any atom is 0.0805 e. The minimum absolute atomic E-state index is 0.0280. The molecule has 0 aliphatic carbocycles. The highest BCUT2D eigenvalue weighted by Gasteiger charge is 2.27. The first kappa shape index (κ1) is 18.4. The second-order valence-corrected chi connectivity index (χ2v) is 5.93. The van der Waals surface area contributed by atoms with E-state index in [1.807, 2.05) is 22.3 Å². The van der Waals surface area contributed by atoms with Crippen LogP contribution in [0.5, 0.6) is 0 Å². The van der Waals surface area contributed by atoms with E-state index in [0.29, 0.717) is 5.92 Å². The van der Waals surface area contributed by atoms with Crippen LogP contribution in [-0.2, 0) is 9.47 Å². The zero-order chi connectivity index (χ0) is 15.7. The van der Waals surface area contributed by atoms with Gasteiger partial charge in [0.2, 0.25) is 0 Å². The number of methoxy groups -OCH3 is 2.